The lowest BCUT2D eigenvalue weighted by atomic mass is 9.99. The third kappa shape index (κ3) is 2.22. The highest BCUT2D eigenvalue weighted by atomic mass is 14.0. The highest BCUT2D eigenvalue weighted by Crippen LogP contribution is 2.13. The molecule has 0 amide bonds. The van der Waals surface area contributed by atoms with Gasteiger partial charge < -0.3 is 0 Å². The van der Waals surface area contributed by atoms with Gasteiger partial charge in [-0.1, -0.05) is 30.4 Å². The third-order valence-electron chi connectivity index (χ3n) is 1.82. The summed E-state index contributed by atoms with van der Waals surface area (Å²) in [7, 11) is 0. The fourth-order valence-corrected chi connectivity index (χ4v) is 1.10. The van der Waals surface area contributed by atoms with Crippen molar-refractivity contribution < 1.29 is 0 Å². The summed E-state index contributed by atoms with van der Waals surface area (Å²) in [6.07, 6.45) is 14.4. The molecule has 0 N–H and O–H groups in total. The molecule has 0 nitrogen and oxygen atoms in total. The molecule has 1 aliphatic rings. The summed E-state index contributed by atoms with van der Waals surface area (Å²) >= 11 is 0. The van der Waals surface area contributed by atoms with Gasteiger partial charge in [-0.2, -0.15) is 0 Å². The molecule has 0 heteroatoms. The van der Waals surface area contributed by atoms with Gasteiger partial charge in [0, 0.05) is 0 Å². The average molecular weight is 134 g/mol. The summed E-state index contributed by atoms with van der Waals surface area (Å²) in [6.45, 7) is 3.79. The van der Waals surface area contributed by atoms with Gasteiger partial charge in [-0.3, -0.25) is 0 Å². The maximum absolute atomic E-state index is 3.79. The fraction of sp³-hybridized carbons (Fsp3) is 0.400. The second kappa shape index (κ2) is 4.10. The van der Waals surface area contributed by atoms with E-state index in [2.05, 4.69) is 30.9 Å². The molecule has 0 fully saturated rings. The normalized spacial score (nSPS) is 25.4. The summed E-state index contributed by atoms with van der Waals surface area (Å²) < 4.78 is 0. The van der Waals surface area contributed by atoms with Crippen LogP contribution in [0.15, 0.2) is 37.0 Å². The van der Waals surface area contributed by atoms with Gasteiger partial charge in [0.05, 0.1) is 0 Å². The predicted molar refractivity (Wildman–Crippen MR) is 45.8 cm³/mol. The molecular weight excluding hydrogens is 120 g/mol. The molecule has 0 bridgehead atoms. The van der Waals surface area contributed by atoms with Crippen LogP contribution in [-0.4, -0.2) is 0 Å². The SMILES string of the molecule is C=CC1CC=CCC=CC1. The van der Waals surface area contributed by atoms with Gasteiger partial charge in [0.15, 0.2) is 0 Å². The van der Waals surface area contributed by atoms with Crippen LogP contribution in [-0.2, 0) is 0 Å². The van der Waals surface area contributed by atoms with Crippen LogP contribution in [0.3, 0.4) is 0 Å². The molecule has 0 saturated heterocycles. The van der Waals surface area contributed by atoms with Crippen molar-refractivity contribution in [3.63, 3.8) is 0 Å². The van der Waals surface area contributed by atoms with Gasteiger partial charge in [0.2, 0.25) is 0 Å². The number of hydrogen-bond donors (Lipinski definition) is 0. The van der Waals surface area contributed by atoms with Crippen LogP contribution < -0.4 is 0 Å². The largest absolute Gasteiger partial charge is 0.103 e. The standard InChI is InChI=1S/C10H14/c1-2-10-8-6-4-3-5-7-9-10/h2,4-7,10H,1,3,8-9H2. The van der Waals surface area contributed by atoms with Crippen molar-refractivity contribution in [1.82, 2.24) is 0 Å². The highest BCUT2D eigenvalue weighted by molar-refractivity contribution is 5.01. The lowest BCUT2D eigenvalue weighted by Crippen LogP contribution is -1.92. The Hall–Kier alpha value is -0.780. The zero-order chi connectivity index (χ0) is 7.23. The summed E-state index contributed by atoms with van der Waals surface area (Å²) in [5.74, 6) is 0.660. The molecule has 0 aromatic heterocycles. The quantitative estimate of drug-likeness (QED) is 0.483. The van der Waals surface area contributed by atoms with E-state index in [4.69, 9.17) is 0 Å². The Kier molecular flexibility index (Phi) is 3.01. The van der Waals surface area contributed by atoms with Gasteiger partial charge >= 0.3 is 0 Å². The Morgan fingerprint density at radius 1 is 1.10 bits per heavy atom. The van der Waals surface area contributed by atoms with Crippen LogP contribution in [0.25, 0.3) is 0 Å². The molecule has 0 aliphatic heterocycles. The topological polar surface area (TPSA) is 0 Å². The minimum absolute atomic E-state index is 0.660. The third-order valence-corrected chi connectivity index (χ3v) is 1.82. The molecular formula is C10H14. The van der Waals surface area contributed by atoms with E-state index in [1.54, 1.807) is 0 Å². The van der Waals surface area contributed by atoms with E-state index in [9.17, 15) is 0 Å². The predicted octanol–water partition coefficient (Wildman–Crippen LogP) is 3.08. The molecule has 10 heavy (non-hydrogen) atoms. The van der Waals surface area contributed by atoms with Crippen molar-refractivity contribution in [3.8, 4) is 0 Å². The molecule has 0 spiro atoms. The van der Waals surface area contributed by atoms with E-state index in [-0.39, 0.29) is 0 Å². The monoisotopic (exact) mass is 134 g/mol. The average Bonchev–Trinajstić information content (AvgIpc) is 1.87. The molecule has 0 saturated carbocycles. The fourth-order valence-electron chi connectivity index (χ4n) is 1.10. The molecule has 0 radical (unpaired) electrons. The van der Waals surface area contributed by atoms with Crippen molar-refractivity contribution in [1.29, 1.82) is 0 Å². The maximum atomic E-state index is 3.79. The van der Waals surface area contributed by atoms with E-state index in [1.165, 1.54) is 0 Å². The molecule has 0 atom stereocenters. The van der Waals surface area contributed by atoms with Crippen LogP contribution in [0, 0.1) is 5.92 Å². The van der Waals surface area contributed by atoms with Crippen LogP contribution in [0.1, 0.15) is 19.3 Å². The number of rotatable bonds is 1. The smallest absolute Gasteiger partial charge is 0.0167 e. The molecule has 54 valence electrons. The summed E-state index contributed by atoms with van der Waals surface area (Å²) in [6, 6.07) is 0. The zero-order valence-corrected chi connectivity index (χ0v) is 6.29. The number of allylic oxidation sites excluding steroid dienone is 5. The second-order valence-corrected chi connectivity index (χ2v) is 2.65. The van der Waals surface area contributed by atoms with Gasteiger partial charge in [-0.15, -0.1) is 6.58 Å². The molecule has 1 aliphatic carbocycles. The molecule has 1 rings (SSSR count). The van der Waals surface area contributed by atoms with Crippen molar-refractivity contribution in [2.24, 2.45) is 5.92 Å². The highest BCUT2D eigenvalue weighted by Gasteiger charge is 1.98. The summed E-state index contributed by atoms with van der Waals surface area (Å²) in [4.78, 5) is 0. The first kappa shape index (κ1) is 7.33. The minimum Gasteiger partial charge on any atom is -0.103 e. The summed E-state index contributed by atoms with van der Waals surface area (Å²) in [5, 5.41) is 0. The Morgan fingerprint density at radius 3 is 2.20 bits per heavy atom. The molecule has 0 heterocycles. The first-order chi connectivity index (χ1) is 4.93. The van der Waals surface area contributed by atoms with E-state index in [0.29, 0.717) is 5.92 Å². The van der Waals surface area contributed by atoms with E-state index >= 15 is 0 Å². The minimum atomic E-state index is 0.660. The summed E-state index contributed by atoms with van der Waals surface area (Å²) in [5.41, 5.74) is 0. The van der Waals surface area contributed by atoms with Crippen molar-refractivity contribution >= 4 is 0 Å². The van der Waals surface area contributed by atoms with Crippen LogP contribution in [0.5, 0.6) is 0 Å². The molecule has 0 unspecified atom stereocenters. The Balaban J connectivity index is 2.47. The van der Waals surface area contributed by atoms with Gasteiger partial charge in [-0.05, 0) is 25.2 Å². The zero-order valence-electron chi connectivity index (χ0n) is 6.29. The van der Waals surface area contributed by atoms with Crippen LogP contribution in [0.2, 0.25) is 0 Å². The van der Waals surface area contributed by atoms with E-state index < -0.39 is 0 Å². The van der Waals surface area contributed by atoms with E-state index in [0.717, 1.165) is 19.3 Å². The van der Waals surface area contributed by atoms with Gasteiger partial charge in [0.25, 0.3) is 0 Å². The van der Waals surface area contributed by atoms with Crippen molar-refractivity contribution in [3.05, 3.63) is 37.0 Å². The maximum Gasteiger partial charge on any atom is -0.0167 e. The van der Waals surface area contributed by atoms with Crippen LogP contribution >= 0.6 is 0 Å². The van der Waals surface area contributed by atoms with Crippen molar-refractivity contribution in [2.75, 3.05) is 0 Å². The Labute approximate surface area is 62.9 Å². The van der Waals surface area contributed by atoms with Crippen LogP contribution in [0.4, 0.5) is 0 Å². The van der Waals surface area contributed by atoms with Gasteiger partial charge in [0.1, 0.15) is 0 Å². The second-order valence-electron chi connectivity index (χ2n) is 2.65. The Morgan fingerprint density at radius 2 is 1.70 bits per heavy atom. The van der Waals surface area contributed by atoms with E-state index in [1.807, 2.05) is 6.08 Å². The first-order valence-corrected chi connectivity index (χ1v) is 3.86. The Bertz CT molecular complexity index is 137. The lowest BCUT2D eigenvalue weighted by molar-refractivity contribution is 0.671. The number of hydrogen-bond acceptors (Lipinski definition) is 0. The molecule has 0 aromatic carbocycles. The van der Waals surface area contributed by atoms with Gasteiger partial charge in [-0.25, -0.2) is 0 Å². The lowest BCUT2D eigenvalue weighted by Gasteiger charge is -2.06. The molecule has 0 aromatic rings. The first-order valence-electron chi connectivity index (χ1n) is 3.86. The van der Waals surface area contributed by atoms with Crippen molar-refractivity contribution in [2.45, 2.75) is 19.3 Å².